The number of nitrogens with one attached hydrogen (secondary N) is 1. The van der Waals surface area contributed by atoms with Crippen molar-refractivity contribution in [1.82, 2.24) is 15.1 Å². The molecule has 2 heterocycles. The van der Waals surface area contributed by atoms with E-state index in [1.807, 2.05) is 0 Å². The lowest BCUT2D eigenvalue weighted by molar-refractivity contribution is 0.0979. The van der Waals surface area contributed by atoms with E-state index >= 15 is 0 Å². The van der Waals surface area contributed by atoms with Gasteiger partial charge in [-0.05, 0) is 64.2 Å². The van der Waals surface area contributed by atoms with Crippen LogP contribution in [0.1, 0.15) is 39.0 Å². The minimum absolute atomic E-state index is 0.0331. The third-order valence-electron chi connectivity index (χ3n) is 5.58. The fraction of sp³-hybridized carbons (Fsp3) is 1.00. The maximum Gasteiger partial charge on any atom is 0.0628 e. The summed E-state index contributed by atoms with van der Waals surface area (Å²) in [5.41, 5.74) is -0.0331. The van der Waals surface area contributed by atoms with Gasteiger partial charge < -0.3 is 10.4 Å². The largest absolute Gasteiger partial charge is 0.394 e. The minimum Gasteiger partial charge on any atom is -0.394 e. The Morgan fingerprint density at radius 2 is 1.90 bits per heavy atom. The lowest BCUT2D eigenvalue weighted by atomic mass is 9.93. The lowest BCUT2D eigenvalue weighted by Gasteiger charge is -2.37. The highest BCUT2D eigenvalue weighted by Gasteiger charge is 2.46. The highest BCUT2D eigenvalue weighted by molar-refractivity contribution is 5.04. The van der Waals surface area contributed by atoms with Crippen LogP contribution in [-0.2, 0) is 0 Å². The molecule has 0 aromatic carbocycles. The zero-order valence-corrected chi connectivity index (χ0v) is 13.0. The summed E-state index contributed by atoms with van der Waals surface area (Å²) in [4.78, 5) is 5.28. The van der Waals surface area contributed by atoms with E-state index in [4.69, 9.17) is 0 Å². The van der Waals surface area contributed by atoms with Crippen molar-refractivity contribution in [3.63, 3.8) is 0 Å². The topological polar surface area (TPSA) is 38.7 Å². The Morgan fingerprint density at radius 3 is 2.50 bits per heavy atom. The van der Waals surface area contributed by atoms with E-state index in [1.54, 1.807) is 0 Å². The van der Waals surface area contributed by atoms with Crippen molar-refractivity contribution in [1.29, 1.82) is 0 Å². The summed E-state index contributed by atoms with van der Waals surface area (Å²) in [6.45, 7) is 9.47. The quantitative estimate of drug-likeness (QED) is 0.727. The van der Waals surface area contributed by atoms with Crippen LogP contribution in [0.15, 0.2) is 0 Å². The molecule has 0 amide bonds. The number of hydrogen-bond acceptors (Lipinski definition) is 4. The SMILES string of the molecule is CCNC(CO)(CN1CCC(N2CCCC2)C1)C1CC1. The summed E-state index contributed by atoms with van der Waals surface area (Å²) >= 11 is 0. The molecule has 3 fully saturated rings. The molecule has 4 heteroatoms. The van der Waals surface area contributed by atoms with Gasteiger partial charge in [0.05, 0.1) is 12.1 Å². The molecule has 0 bridgehead atoms. The van der Waals surface area contributed by atoms with Crippen LogP contribution in [0.2, 0.25) is 0 Å². The number of nitrogens with zero attached hydrogens (tertiary/aromatic N) is 2. The summed E-state index contributed by atoms with van der Waals surface area (Å²) in [5.74, 6) is 0.693. The predicted octanol–water partition coefficient (Wildman–Crippen LogP) is 0.907. The number of aliphatic hydroxyl groups excluding tert-OH is 1. The molecule has 2 N–H and O–H groups in total. The van der Waals surface area contributed by atoms with Crippen LogP contribution in [0.4, 0.5) is 0 Å². The molecule has 0 radical (unpaired) electrons. The monoisotopic (exact) mass is 281 g/mol. The summed E-state index contributed by atoms with van der Waals surface area (Å²) in [5, 5.41) is 13.6. The Kier molecular flexibility index (Phi) is 4.65. The number of likely N-dealkylation sites (tertiary alicyclic amines) is 2. The van der Waals surface area contributed by atoms with Gasteiger partial charge in [-0.15, -0.1) is 0 Å². The van der Waals surface area contributed by atoms with Crippen LogP contribution < -0.4 is 5.32 Å². The van der Waals surface area contributed by atoms with Crippen molar-refractivity contribution in [3.8, 4) is 0 Å². The molecule has 0 spiro atoms. The molecular weight excluding hydrogens is 250 g/mol. The normalized spacial score (nSPS) is 31.8. The minimum atomic E-state index is -0.0331. The van der Waals surface area contributed by atoms with Gasteiger partial charge in [-0.1, -0.05) is 6.92 Å². The van der Waals surface area contributed by atoms with Gasteiger partial charge >= 0.3 is 0 Å². The van der Waals surface area contributed by atoms with E-state index < -0.39 is 0 Å². The molecule has 0 aromatic rings. The zero-order chi connectivity index (χ0) is 14.0. The fourth-order valence-electron chi connectivity index (χ4n) is 4.31. The molecule has 1 aliphatic carbocycles. The van der Waals surface area contributed by atoms with Gasteiger partial charge in [-0.3, -0.25) is 9.80 Å². The van der Waals surface area contributed by atoms with Gasteiger partial charge in [0.1, 0.15) is 0 Å². The maximum absolute atomic E-state index is 9.96. The zero-order valence-electron chi connectivity index (χ0n) is 13.0. The average molecular weight is 281 g/mol. The van der Waals surface area contributed by atoms with E-state index in [-0.39, 0.29) is 12.1 Å². The highest BCUT2D eigenvalue weighted by atomic mass is 16.3. The second-order valence-electron chi connectivity index (χ2n) is 7.04. The van der Waals surface area contributed by atoms with Crippen LogP contribution in [0.25, 0.3) is 0 Å². The van der Waals surface area contributed by atoms with Crippen molar-refractivity contribution in [2.75, 3.05) is 45.9 Å². The first-order chi connectivity index (χ1) is 9.77. The number of likely N-dealkylation sites (N-methyl/N-ethyl adjacent to an activating group) is 1. The molecule has 0 aromatic heterocycles. The first kappa shape index (κ1) is 14.8. The summed E-state index contributed by atoms with van der Waals surface area (Å²) < 4.78 is 0. The summed E-state index contributed by atoms with van der Waals surface area (Å²) in [7, 11) is 0. The second kappa shape index (κ2) is 6.30. The molecular formula is C16H31N3O. The van der Waals surface area contributed by atoms with Gasteiger partial charge in [0, 0.05) is 19.1 Å². The highest BCUT2D eigenvalue weighted by Crippen LogP contribution is 2.40. The number of rotatable bonds is 7. The molecule has 2 aliphatic heterocycles. The van der Waals surface area contributed by atoms with Crippen molar-refractivity contribution < 1.29 is 5.11 Å². The Labute approximate surface area is 123 Å². The third-order valence-corrected chi connectivity index (χ3v) is 5.58. The Morgan fingerprint density at radius 1 is 1.15 bits per heavy atom. The number of hydrogen-bond donors (Lipinski definition) is 2. The summed E-state index contributed by atoms with van der Waals surface area (Å²) in [6.07, 6.45) is 6.67. The fourth-order valence-corrected chi connectivity index (χ4v) is 4.31. The van der Waals surface area contributed by atoms with Gasteiger partial charge in [0.25, 0.3) is 0 Å². The van der Waals surface area contributed by atoms with Crippen molar-refractivity contribution in [2.45, 2.75) is 50.6 Å². The molecule has 3 aliphatic rings. The predicted molar refractivity (Wildman–Crippen MR) is 81.9 cm³/mol. The van der Waals surface area contributed by atoms with Crippen LogP contribution in [0.5, 0.6) is 0 Å². The standard InChI is InChI=1S/C16H31N3O/c1-2-17-16(13-20,14-5-6-14)12-18-10-7-15(11-18)19-8-3-4-9-19/h14-15,17,20H,2-13H2,1H3. The third kappa shape index (κ3) is 3.03. The Bertz CT molecular complexity index is 315. The van der Waals surface area contributed by atoms with Gasteiger partial charge in [-0.2, -0.15) is 0 Å². The van der Waals surface area contributed by atoms with Gasteiger partial charge in [0.15, 0.2) is 0 Å². The first-order valence-corrected chi connectivity index (χ1v) is 8.60. The molecule has 2 saturated heterocycles. The Hall–Kier alpha value is -0.160. The Balaban J connectivity index is 1.56. The van der Waals surface area contributed by atoms with E-state index in [0.717, 1.165) is 19.1 Å². The number of aliphatic hydroxyl groups is 1. The molecule has 4 nitrogen and oxygen atoms in total. The smallest absolute Gasteiger partial charge is 0.0628 e. The van der Waals surface area contributed by atoms with E-state index in [0.29, 0.717) is 5.92 Å². The van der Waals surface area contributed by atoms with Crippen LogP contribution >= 0.6 is 0 Å². The van der Waals surface area contributed by atoms with E-state index in [2.05, 4.69) is 22.0 Å². The average Bonchev–Trinajstić information content (AvgIpc) is 3.00. The van der Waals surface area contributed by atoms with Crippen LogP contribution in [0, 0.1) is 5.92 Å². The van der Waals surface area contributed by atoms with Crippen LogP contribution in [0.3, 0.4) is 0 Å². The summed E-state index contributed by atoms with van der Waals surface area (Å²) in [6, 6.07) is 0.773. The van der Waals surface area contributed by atoms with Gasteiger partial charge in [-0.25, -0.2) is 0 Å². The molecule has 2 atom stereocenters. The van der Waals surface area contributed by atoms with Crippen LogP contribution in [-0.4, -0.2) is 72.4 Å². The first-order valence-electron chi connectivity index (χ1n) is 8.60. The maximum atomic E-state index is 9.96. The van der Waals surface area contributed by atoms with Gasteiger partial charge in [0.2, 0.25) is 0 Å². The van der Waals surface area contributed by atoms with Crippen molar-refractivity contribution >= 4 is 0 Å². The van der Waals surface area contributed by atoms with Crippen molar-refractivity contribution in [3.05, 3.63) is 0 Å². The molecule has 2 unspecified atom stereocenters. The molecule has 20 heavy (non-hydrogen) atoms. The molecule has 116 valence electrons. The van der Waals surface area contributed by atoms with E-state index in [1.165, 1.54) is 58.3 Å². The molecule has 3 rings (SSSR count). The second-order valence-corrected chi connectivity index (χ2v) is 7.04. The lowest BCUT2D eigenvalue weighted by Crippen LogP contribution is -2.57. The van der Waals surface area contributed by atoms with Crippen molar-refractivity contribution in [2.24, 2.45) is 5.92 Å². The van der Waals surface area contributed by atoms with E-state index in [9.17, 15) is 5.11 Å². The molecule has 1 saturated carbocycles.